The summed E-state index contributed by atoms with van der Waals surface area (Å²) in [7, 11) is 0. The van der Waals surface area contributed by atoms with E-state index in [0.717, 1.165) is 9.75 Å². The van der Waals surface area contributed by atoms with Crippen molar-refractivity contribution in [2.45, 2.75) is 19.9 Å². The highest BCUT2D eigenvalue weighted by molar-refractivity contribution is 7.12. The molecule has 0 spiro atoms. The molecule has 0 aliphatic heterocycles. The lowest BCUT2D eigenvalue weighted by Crippen LogP contribution is -2.30. The van der Waals surface area contributed by atoms with Crippen LogP contribution in [0.5, 0.6) is 0 Å². The van der Waals surface area contributed by atoms with Crippen molar-refractivity contribution in [1.29, 1.82) is 0 Å². The molecule has 5 heteroatoms. The number of aliphatic hydroxyl groups is 1. The number of aliphatic hydroxyl groups excluding tert-OH is 1. The molecule has 18 heavy (non-hydrogen) atoms. The predicted molar refractivity (Wildman–Crippen MR) is 69.8 cm³/mol. The van der Waals surface area contributed by atoms with Crippen LogP contribution in [0, 0.1) is 13.8 Å². The number of aryl methyl sites for hydroxylation is 2. The number of hydrogen-bond acceptors (Lipinski definition) is 4. The molecule has 1 unspecified atom stereocenters. The Bertz CT molecular complexity index is 530. The molecule has 2 N–H and O–H groups in total. The summed E-state index contributed by atoms with van der Waals surface area (Å²) in [5.41, 5.74) is 0.655. The third-order valence-electron chi connectivity index (χ3n) is 2.66. The summed E-state index contributed by atoms with van der Waals surface area (Å²) in [6, 6.07) is 4.80. The van der Waals surface area contributed by atoms with Crippen molar-refractivity contribution in [1.82, 2.24) is 5.32 Å². The number of nitrogens with one attached hydrogen (secondary N) is 1. The molecular formula is C13H15NO3S. The molecule has 2 heterocycles. The van der Waals surface area contributed by atoms with Crippen molar-refractivity contribution in [2.24, 2.45) is 0 Å². The van der Waals surface area contributed by atoms with E-state index < -0.39 is 6.04 Å². The maximum absolute atomic E-state index is 12.1. The molecule has 4 nitrogen and oxygen atoms in total. The van der Waals surface area contributed by atoms with E-state index in [2.05, 4.69) is 5.32 Å². The summed E-state index contributed by atoms with van der Waals surface area (Å²) < 4.78 is 5.19. The first-order valence-corrected chi connectivity index (χ1v) is 6.45. The molecule has 0 saturated heterocycles. The third-order valence-corrected chi connectivity index (χ3v) is 3.63. The average Bonchev–Trinajstić information content (AvgIpc) is 2.95. The highest BCUT2D eigenvalue weighted by Gasteiger charge is 2.19. The standard InChI is InChI=1S/C13H15NO3S/c1-8-6-10(9(2)18-8)13(16)14-11(7-15)12-4-3-5-17-12/h3-6,11,15H,7H2,1-2H3,(H,14,16). The molecule has 0 aliphatic rings. The lowest BCUT2D eigenvalue weighted by Gasteiger charge is -2.13. The lowest BCUT2D eigenvalue weighted by molar-refractivity contribution is 0.0907. The summed E-state index contributed by atoms with van der Waals surface area (Å²) in [5, 5.41) is 12.1. The van der Waals surface area contributed by atoms with Gasteiger partial charge in [-0.3, -0.25) is 4.79 Å². The first-order chi connectivity index (χ1) is 8.61. The first kappa shape index (κ1) is 12.9. The fourth-order valence-electron chi connectivity index (χ4n) is 1.79. The lowest BCUT2D eigenvalue weighted by atomic mass is 10.2. The van der Waals surface area contributed by atoms with Crippen LogP contribution in [0.15, 0.2) is 28.9 Å². The van der Waals surface area contributed by atoms with Gasteiger partial charge in [0, 0.05) is 9.75 Å². The molecular weight excluding hydrogens is 250 g/mol. The summed E-state index contributed by atoms with van der Waals surface area (Å²) in [6.07, 6.45) is 1.52. The van der Waals surface area contributed by atoms with Crippen LogP contribution in [0.4, 0.5) is 0 Å². The molecule has 0 radical (unpaired) electrons. The first-order valence-electron chi connectivity index (χ1n) is 5.64. The van der Waals surface area contributed by atoms with E-state index in [1.807, 2.05) is 19.9 Å². The van der Waals surface area contributed by atoms with Crippen molar-refractivity contribution < 1.29 is 14.3 Å². The minimum atomic E-state index is -0.507. The Balaban J connectivity index is 2.13. The summed E-state index contributed by atoms with van der Waals surface area (Å²) >= 11 is 1.58. The van der Waals surface area contributed by atoms with Crippen LogP contribution >= 0.6 is 11.3 Å². The second-order valence-electron chi connectivity index (χ2n) is 4.05. The van der Waals surface area contributed by atoms with Crippen molar-refractivity contribution in [2.75, 3.05) is 6.61 Å². The van der Waals surface area contributed by atoms with Gasteiger partial charge in [0.25, 0.3) is 5.91 Å². The highest BCUT2D eigenvalue weighted by Crippen LogP contribution is 2.21. The van der Waals surface area contributed by atoms with Crippen LogP contribution in [-0.4, -0.2) is 17.6 Å². The number of carbonyl (C=O) groups excluding carboxylic acids is 1. The van der Waals surface area contributed by atoms with E-state index in [1.54, 1.807) is 23.5 Å². The van der Waals surface area contributed by atoms with Crippen LogP contribution in [0.1, 0.15) is 31.9 Å². The van der Waals surface area contributed by atoms with Gasteiger partial charge in [-0.25, -0.2) is 0 Å². The zero-order chi connectivity index (χ0) is 13.1. The van der Waals surface area contributed by atoms with Gasteiger partial charge in [0.15, 0.2) is 0 Å². The number of amides is 1. The van der Waals surface area contributed by atoms with E-state index >= 15 is 0 Å². The molecule has 1 atom stereocenters. The van der Waals surface area contributed by atoms with E-state index in [1.165, 1.54) is 6.26 Å². The highest BCUT2D eigenvalue weighted by atomic mass is 32.1. The molecule has 2 aromatic rings. The Hall–Kier alpha value is -1.59. The largest absolute Gasteiger partial charge is 0.467 e. The zero-order valence-electron chi connectivity index (χ0n) is 10.3. The van der Waals surface area contributed by atoms with Gasteiger partial charge in [-0.15, -0.1) is 11.3 Å². The van der Waals surface area contributed by atoms with Gasteiger partial charge < -0.3 is 14.8 Å². The molecule has 0 bridgehead atoms. The Morgan fingerprint density at radius 2 is 2.33 bits per heavy atom. The fourth-order valence-corrected chi connectivity index (χ4v) is 2.71. The number of hydrogen-bond donors (Lipinski definition) is 2. The van der Waals surface area contributed by atoms with Crippen molar-refractivity contribution in [3.05, 3.63) is 45.5 Å². The molecule has 0 fully saturated rings. The number of thiophene rings is 1. The Morgan fingerprint density at radius 1 is 1.56 bits per heavy atom. The maximum Gasteiger partial charge on any atom is 0.253 e. The van der Waals surface area contributed by atoms with Crippen molar-refractivity contribution in [3.8, 4) is 0 Å². The fraction of sp³-hybridized carbons (Fsp3) is 0.308. The molecule has 0 aromatic carbocycles. The second kappa shape index (κ2) is 5.37. The van der Waals surface area contributed by atoms with E-state index in [0.29, 0.717) is 11.3 Å². The molecule has 0 saturated carbocycles. The summed E-state index contributed by atoms with van der Waals surface area (Å²) in [4.78, 5) is 14.2. The maximum atomic E-state index is 12.1. The number of furan rings is 1. The van der Waals surface area contributed by atoms with Gasteiger partial charge in [0.2, 0.25) is 0 Å². The smallest absolute Gasteiger partial charge is 0.253 e. The molecule has 2 rings (SSSR count). The molecule has 1 amide bonds. The van der Waals surface area contributed by atoms with Crippen molar-refractivity contribution >= 4 is 17.2 Å². The Kier molecular flexibility index (Phi) is 3.84. The molecule has 0 aliphatic carbocycles. The predicted octanol–water partition coefficient (Wildman–Crippen LogP) is 2.42. The molecule has 2 aromatic heterocycles. The van der Waals surface area contributed by atoms with Crippen LogP contribution in [0.2, 0.25) is 0 Å². The van der Waals surface area contributed by atoms with Gasteiger partial charge in [-0.1, -0.05) is 0 Å². The minimum absolute atomic E-state index is 0.188. The van der Waals surface area contributed by atoms with Crippen LogP contribution in [0.25, 0.3) is 0 Å². The SMILES string of the molecule is Cc1cc(C(=O)NC(CO)c2ccco2)c(C)s1. The quantitative estimate of drug-likeness (QED) is 0.892. The monoisotopic (exact) mass is 265 g/mol. The van der Waals surface area contributed by atoms with Crippen LogP contribution in [0.3, 0.4) is 0 Å². The van der Waals surface area contributed by atoms with Gasteiger partial charge in [-0.05, 0) is 32.0 Å². The van der Waals surface area contributed by atoms with Crippen LogP contribution in [-0.2, 0) is 0 Å². The van der Waals surface area contributed by atoms with Gasteiger partial charge in [0.05, 0.1) is 18.4 Å². The Morgan fingerprint density at radius 3 is 2.83 bits per heavy atom. The minimum Gasteiger partial charge on any atom is -0.467 e. The summed E-state index contributed by atoms with van der Waals surface area (Å²) in [5.74, 6) is 0.364. The normalized spacial score (nSPS) is 12.4. The topological polar surface area (TPSA) is 62.5 Å². The van der Waals surface area contributed by atoms with Gasteiger partial charge in [0.1, 0.15) is 11.8 Å². The number of carbonyl (C=O) groups is 1. The Labute approximate surface area is 109 Å². The van der Waals surface area contributed by atoms with Crippen molar-refractivity contribution in [3.63, 3.8) is 0 Å². The second-order valence-corrected chi connectivity index (χ2v) is 5.51. The zero-order valence-corrected chi connectivity index (χ0v) is 11.1. The average molecular weight is 265 g/mol. The third kappa shape index (κ3) is 2.63. The van der Waals surface area contributed by atoms with E-state index in [4.69, 9.17) is 4.42 Å². The van der Waals surface area contributed by atoms with Gasteiger partial charge >= 0.3 is 0 Å². The number of rotatable bonds is 4. The van der Waals surface area contributed by atoms with Crippen LogP contribution < -0.4 is 5.32 Å². The summed E-state index contributed by atoms with van der Waals surface area (Å²) in [6.45, 7) is 3.68. The molecule has 96 valence electrons. The van der Waals surface area contributed by atoms with E-state index in [-0.39, 0.29) is 12.5 Å². The van der Waals surface area contributed by atoms with Gasteiger partial charge in [-0.2, -0.15) is 0 Å². The van der Waals surface area contributed by atoms with E-state index in [9.17, 15) is 9.90 Å².